The van der Waals surface area contributed by atoms with Crippen molar-refractivity contribution in [2.75, 3.05) is 6.61 Å². The molecule has 0 atom stereocenters. The number of fused-ring (bicyclic) bond motifs is 2. The molecule has 164 valence electrons. The lowest BCUT2D eigenvalue weighted by Gasteiger charge is -2.12. The molecule has 0 saturated carbocycles. The Balaban J connectivity index is 1.67. The number of rotatable bonds is 7. The number of para-hydroxylation sites is 1. The molecule has 7 heteroatoms. The molecule has 2 aromatic carbocycles. The summed E-state index contributed by atoms with van der Waals surface area (Å²) in [5.41, 5.74) is 1.70. The zero-order valence-corrected chi connectivity index (χ0v) is 17.8. The number of ether oxygens (including phenoxy) is 2. The molecule has 4 rings (SSSR count). The minimum absolute atomic E-state index is 0.0466. The third-order valence-electron chi connectivity index (χ3n) is 5.03. The molecule has 0 bridgehead atoms. The molecule has 7 nitrogen and oxygen atoms in total. The Morgan fingerprint density at radius 2 is 1.81 bits per heavy atom. The van der Waals surface area contributed by atoms with E-state index in [-0.39, 0.29) is 23.9 Å². The highest BCUT2D eigenvalue weighted by atomic mass is 16.5. The highest BCUT2D eigenvalue weighted by Gasteiger charge is 2.19. The van der Waals surface area contributed by atoms with Gasteiger partial charge in [-0.25, -0.2) is 9.59 Å². The van der Waals surface area contributed by atoms with Crippen molar-refractivity contribution in [1.29, 1.82) is 0 Å². The Labute approximate surface area is 183 Å². The predicted molar refractivity (Wildman–Crippen MR) is 118 cm³/mol. The van der Waals surface area contributed by atoms with Gasteiger partial charge in [-0.15, -0.1) is 0 Å². The van der Waals surface area contributed by atoms with Gasteiger partial charge in [0.1, 0.15) is 16.9 Å². The van der Waals surface area contributed by atoms with Crippen molar-refractivity contribution in [2.24, 2.45) is 0 Å². The molecule has 2 aromatic heterocycles. The lowest BCUT2D eigenvalue weighted by molar-refractivity contribution is -0.143. The molecule has 0 aliphatic heterocycles. The predicted octanol–water partition coefficient (Wildman–Crippen LogP) is 4.95. The van der Waals surface area contributed by atoms with Crippen LogP contribution in [0.2, 0.25) is 0 Å². The van der Waals surface area contributed by atoms with Crippen LogP contribution < -0.4 is 10.4 Å². The van der Waals surface area contributed by atoms with Gasteiger partial charge in [0.25, 0.3) is 0 Å². The molecule has 0 amide bonds. The third kappa shape index (κ3) is 4.56. The van der Waals surface area contributed by atoms with E-state index >= 15 is 0 Å². The molecule has 0 spiro atoms. The molecule has 2 heterocycles. The summed E-state index contributed by atoms with van der Waals surface area (Å²) < 4.78 is 21.6. The summed E-state index contributed by atoms with van der Waals surface area (Å²) in [6.45, 7) is 4.07. The minimum Gasteiger partial charge on any atom is -0.466 e. The van der Waals surface area contributed by atoms with Gasteiger partial charge in [0.2, 0.25) is 5.76 Å². The summed E-state index contributed by atoms with van der Waals surface area (Å²) >= 11 is 0. The van der Waals surface area contributed by atoms with E-state index in [0.717, 1.165) is 17.4 Å². The van der Waals surface area contributed by atoms with Gasteiger partial charge in [0, 0.05) is 29.3 Å². The van der Waals surface area contributed by atoms with Crippen molar-refractivity contribution >= 4 is 33.9 Å². The largest absolute Gasteiger partial charge is 0.466 e. The lowest BCUT2D eigenvalue weighted by Crippen LogP contribution is -2.11. The Bertz CT molecular complexity index is 1330. The zero-order valence-electron chi connectivity index (χ0n) is 17.8. The first-order valence-corrected chi connectivity index (χ1v) is 10.4. The van der Waals surface area contributed by atoms with Crippen molar-refractivity contribution in [1.82, 2.24) is 0 Å². The SMILES string of the molecule is CCCOC(=O)CCc1cc2c(C)cc(=O)oc2cc1OC(=O)c1cc2ccccc2o1. The van der Waals surface area contributed by atoms with Gasteiger partial charge in [-0.05, 0) is 49.1 Å². The number of carbonyl (C=O) groups is 2. The van der Waals surface area contributed by atoms with E-state index in [2.05, 4.69) is 0 Å². The minimum atomic E-state index is -0.689. The van der Waals surface area contributed by atoms with Crippen molar-refractivity contribution in [3.63, 3.8) is 0 Å². The number of hydrogen-bond acceptors (Lipinski definition) is 7. The summed E-state index contributed by atoms with van der Waals surface area (Å²) in [7, 11) is 0. The van der Waals surface area contributed by atoms with Gasteiger partial charge in [0.05, 0.1) is 6.61 Å². The van der Waals surface area contributed by atoms with Crippen molar-refractivity contribution in [2.45, 2.75) is 33.1 Å². The first-order chi connectivity index (χ1) is 15.4. The van der Waals surface area contributed by atoms with Crippen LogP contribution in [0.4, 0.5) is 0 Å². The maximum atomic E-state index is 12.8. The van der Waals surface area contributed by atoms with Crippen LogP contribution in [-0.4, -0.2) is 18.5 Å². The average Bonchev–Trinajstić information content (AvgIpc) is 3.21. The normalized spacial score (nSPS) is 11.1. The Kier molecular flexibility index (Phi) is 6.07. The molecule has 0 N–H and O–H groups in total. The van der Waals surface area contributed by atoms with E-state index < -0.39 is 11.6 Å². The first kappa shape index (κ1) is 21.4. The molecule has 32 heavy (non-hydrogen) atoms. The van der Waals surface area contributed by atoms with E-state index in [4.69, 9.17) is 18.3 Å². The Morgan fingerprint density at radius 1 is 1.00 bits per heavy atom. The monoisotopic (exact) mass is 434 g/mol. The van der Waals surface area contributed by atoms with Gasteiger partial charge < -0.3 is 18.3 Å². The van der Waals surface area contributed by atoms with Gasteiger partial charge in [-0.3, -0.25) is 4.79 Å². The summed E-state index contributed by atoms with van der Waals surface area (Å²) in [6, 6.07) is 13.5. The van der Waals surface area contributed by atoms with Gasteiger partial charge >= 0.3 is 17.6 Å². The van der Waals surface area contributed by atoms with Crippen molar-refractivity contribution in [3.05, 3.63) is 75.8 Å². The zero-order chi connectivity index (χ0) is 22.7. The number of aryl methyl sites for hydroxylation is 2. The summed E-state index contributed by atoms with van der Waals surface area (Å²) in [6.07, 6.45) is 1.15. The van der Waals surface area contributed by atoms with E-state index in [1.165, 1.54) is 12.1 Å². The number of benzene rings is 2. The van der Waals surface area contributed by atoms with Gasteiger partial charge in [-0.2, -0.15) is 0 Å². The second kappa shape index (κ2) is 9.09. The van der Waals surface area contributed by atoms with Crippen molar-refractivity contribution < 1.29 is 27.9 Å². The molecule has 0 unspecified atom stereocenters. The fourth-order valence-electron chi connectivity index (χ4n) is 3.44. The molecule has 0 radical (unpaired) electrons. The van der Waals surface area contributed by atoms with Crippen LogP contribution in [0, 0.1) is 6.92 Å². The van der Waals surface area contributed by atoms with Crippen LogP contribution >= 0.6 is 0 Å². The topological polar surface area (TPSA) is 96.0 Å². The summed E-state index contributed by atoms with van der Waals surface area (Å²) in [5, 5.41) is 1.48. The number of carbonyl (C=O) groups excluding carboxylic acids is 2. The maximum Gasteiger partial charge on any atom is 0.379 e. The lowest BCUT2D eigenvalue weighted by atomic mass is 10.0. The molecule has 0 fully saturated rings. The summed E-state index contributed by atoms with van der Waals surface area (Å²) in [4.78, 5) is 36.6. The van der Waals surface area contributed by atoms with Crippen LogP contribution in [0.15, 0.2) is 62.2 Å². The maximum absolute atomic E-state index is 12.8. The van der Waals surface area contributed by atoms with Crippen LogP contribution in [0.25, 0.3) is 21.9 Å². The fraction of sp³-hybridized carbons (Fsp3) is 0.240. The highest BCUT2D eigenvalue weighted by molar-refractivity contribution is 5.94. The standard InChI is InChI=1S/C25H22O7/c1-3-10-29-23(26)9-8-17-12-18-15(2)11-24(27)31-21(18)14-20(17)32-25(28)22-13-16-6-4-5-7-19(16)30-22/h4-7,11-14H,3,8-10H2,1-2H3. The summed E-state index contributed by atoms with van der Waals surface area (Å²) in [5.74, 6) is -0.784. The smallest absolute Gasteiger partial charge is 0.379 e. The van der Waals surface area contributed by atoms with E-state index in [9.17, 15) is 14.4 Å². The van der Waals surface area contributed by atoms with Crippen LogP contribution in [0.3, 0.4) is 0 Å². The molecule has 4 aromatic rings. The van der Waals surface area contributed by atoms with Gasteiger partial charge in [0.15, 0.2) is 0 Å². The van der Waals surface area contributed by atoms with Crippen LogP contribution in [0.5, 0.6) is 5.75 Å². The van der Waals surface area contributed by atoms with E-state index in [0.29, 0.717) is 35.1 Å². The first-order valence-electron chi connectivity index (χ1n) is 10.4. The van der Waals surface area contributed by atoms with E-state index in [1.807, 2.05) is 25.1 Å². The fourth-order valence-corrected chi connectivity index (χ4v) is 3.44. The molecule has 0 aliphatic carbocycles. The second-order valence-electron chi connectivity index (χ2n) is 7.46. The van der Waals surface area contributed by atoms with Crippen LogP contribution in [0.1, 0.15) is 41.4 Å². The van der Waals surface area contributed by atoms with Gasteiger partial charge in [-0.1, -0.05) is 25.1 Å². The number of esters is 2. The second-order valence-corrected chi connectivity index (χ2v) is 7.46. The molecule has 0 aliphatic rings. The van der Waals surface area contributed by atoms with Crippen molar-refractivity contribution in [3.8, 4) is 5.75 Å². The number of hydrogen-bond donors (Lipinski definition) is 0. The average molecular weight is 434 g/mol. The van der Waals surface area contributed by atoms with Crippen LogP contribution in [-0.2, 0) is 16.0 Å². The Hall–Kier alpha value is -3.87. The molecule has 0 saturated heterocycles. The highest BCUT2D eigenvalue weighted by Crippen LogP contribution is 2.30. The third-order valence-corrected chi connectivity index (χ3v) is 5.03. The molecular formula is C25H22O7. The quantitative estimate of drug-likeness (QED) is 0.231. The number of furan rings is 1. The van der Waals surface area contributed by atoms with E-state index in [1.54, 1.807) is 25.1 Å². The molecular weight excluding hydrogens is 412 g/mol. The Morgan fingerprint density at radius 3 is 2.59 bits per heavy atom.